The van der Waals surface area contributed by atoms with Gasteiger partial charge in [0, 0.05) is 33.4 Å². The molecule has 0 aliphatic heterocycles. The van der Waals surface area contributed by atoms with Crippen LogP contribution in [0.15, 0.2) is 170 Å². The largest absolute Gasteiger partial charge is 0.115 e. The summed E-state index contributed by atoms with van der Waals surface area (Å²) in [5.41, 5.74) is 11.3. The first-order chi connectivity index (χ1) is 27.4. The van der Waals surface area contributed by atoms with Crippen LogP contribution in [0.4, 0.5) is 0 Å². The molecular formula is C56H34. The fourth-order valence-electron chi connectivity index (χ4n) is 7.87. The molecule has 0 heteroatoms. The van der Waals surface area contributed by atoms with Gasteiger partial charge in [-0.25, -0.2) is 0 Å². The van der Waals surface area contributed by atoms with Gasteiger partial charge in [-0.1, -0.05) is 133 Å². The minimum atomic E-state index is -0.800. The van der Waals surface area contributed by atoms with E-state index < -0.39 is 10.8 Å². The Morgan fingerprint density at radius 2 is 0.304 bits per heavy atom. The minimum Gasteiger partial charge on any atom is -0.115 e. The minimum absolute atomic E-state index is 0.788. The molecule has 0 unspecified atom stereocenters. The average molecular weight is 707 g/mol. The summed E-state index contributed by atoms with van der Waals surface area (Å²) >= 11 is 0. The summed E-state index contributed by atoms with van der Waals surface area (Å²) in [6.07, 6.45) is 35.0. The Morgan fingerprint density at radius 1 is 0.196 bits per heavy atom. The second-order valence-corrected chi connectivity index (χ2v) is 13.4. The lowest BCUT2D eigenvalue weighted by Crippen LogP contribution is -2.33. The Balaban J connectivity index is 1.56. The Labute approximate surface area is 331 Å². The molecule has 0 spiro atoms. The van der Waals surface area contributed by atoms with Gasteiger partial charge < -0.3 is 0 Å². The Bertz CT molecular complexity index is 2290. The van der Waals surface area contributed by atoms with Gasteiger partial charge in [-0.05, 0) is 117 Å². The number of hydrogen-bond donors (Lipinski definition) is 0. The van der Waals surface area contributed by atoms with Crippen LogP contribution < -0.4 is 0 Å². The van der Waals surface area contributed by atoms with Gasteiger partial charge in [0.05, 0.1) is 10.8 Å². The van der Waals surface area contributed by atoms with Gasteiger partial charge in [-0.2, -0.15) is 0 Å². The van der Waals surface area contributed by atoms with Crippen LogP contribution in [0.3, 0.4) is 0 Å². The first kappa shape index (κ1) is 36.3. The van der Waals surface area contributed by atoms with Crippen molar-refractivity contribution in [3.63, 3.8) is 0 Å². The molecule has 56 heavy (non-hydrogen) atoms. The van der Waals surface area contributed by atoms with Crippen molar-refractivity contribution < 1.29 is 0 Å². The van der Waals surface area contributed by atoms with Gasteiger partial charge in [0.2, 0.25) is 0 Å². The summed E-state index contributed by atoms with van der Waals surface area (Å²) in [7, 11) is 0. The van der Waals surface area contributed by atoms with E-state index in [4.69, 9.17) is 38.5 Å². The molecule has 0 N–H and O–H groups in total. The molecular weight excluding hydrogens is 673 g/mol. The van der Waals surface area contributed by atoms with E-state index in [2.05, 4.69) is 133 Å². The molecule has 0 aliphatic rings. The lowest BCUT2D eigenvalue weighted by molar-refractivity contribution is 0.727. The van der Waals surface area contributed by atoms with Gasteiger partial charge in [0.25, 0.3) is 0 Å². The normalized spacial score (nSPS) is 10.8. The van der Waals surface area contributed by atoms with Crippen molar-refractivity contribution >= 4 is 0 Å². The van der Waals surface area contributed by atoms with Crippen molar-refractivity contribution in [2.24, 2.45) is 0 Å². The third-order valence-corrected chi connectivity index (χ3v) is 10.7. The summed E-state index contributed by atoms with van der Waals surface area (Å²) in [5, 5.41) is 0. The topological polar surface area (TPSA) is 0 Å². The van der Waals surface area contributed by atoms with Crippen molar-refractivity contribution in [1.29, 1.82) is 0 Å². The van der Waals surface area contributed by atoms with E-state index in [1.54, 1.807) is 0 Å². The molecule has 0 bridgehead atoms. The zero-order valence-corrected chi connectivity index (χ0v) is 30.6. The van der Waals surface area contributed by atoms with E-state index in [-0.39, 0.29) is 0 Å². The smallest absolute Gasteiger partial charge is 0.0701 e. The van der Waals surface area contributed by atoms with E-state index in [1.807, 2.05) is 72.8 Å². The molecule has 7 rings (SSSR count). The van der Waals surface area contributed by atoms with Gasteiger partial charge in [-0.15, -0.1) is 38.5 Å². The van der Waals surface area contributed by atoms with E-state index in [0.717, 1.165) is 77.9 Å². The zero-order chi connectivity index (χ0) is 39.1. The lowest BCUT2D eigenvalue weighted by atomic mass is 9.62. The zero-order valence-electron chi connectivity index (χ0n) is 30.6. The Hall–Kier alpha value is -8.10. The van der Waals surface area contributed by atoms with Gasteiger partial charge in [0.15, 0.2) is 0 Å². The van der Waals surface area contributed by atoms with Crippen LogP contribution in [-0.4, -0.2) is 0 Å². The maximum Gasteiger partial charge on any atom is 0.0701 e. The highest BCUT2D eigenvalue weighted by Gasteiger charge is 2.41. The van der Waals surface area contributed by atoms with Crippen molar-refractivity contribution in [3.05, 3.63) is 248 Å². The molecule has 0 radical (unpaired) electrons. The Morgan fingerprint density at radius 3 is 0.411 bits per heavy atom. The molecule has 7 aromatic rings. The second-order valence-electron chi connectivity index (χ2n) is 13.4. The number of benzene rings is 7. The number of hydrogen-bond acceptors (Lipinski definition) is 0. The SMILES string of the molecule is C#Cc1ccc(C(c2ccc(C#C)cc2)(c2ccc(C#C)cc2)c2ccc(C(c3ccc(C#C)cc3)(c3ccc(C#C)cc3)c3ccc(C#C)cc3)cc2)cc1. The van der Waals surface area contributed by atoms with E-state index in [1.165, 1.54) is 0 Å². The van der Waals surface area contributed by atoms with Crippen LogP contribution in [-0.2, 0) is 10.8 Å². The predicted octanol–water partition coefficient (Wildman–Crippen LogP) is 10.3. The maximum absolute atomic E-state index is 5.84. The highest BCUT2D eigenvalue weighted by Crippen LogP contribution is 2.49. The molecule has 7 aromatic carbocycles. The average Bonchev–Trinajstić information content (AvgIpc) is 3.28. The van der Waals surface area contributed by atoms with Crippen LogP contribution in [0.25, 0.3) is 0 Å². The molecule has 0 atom stereocenters. The first-order valence-electron chi connectivity index (χ1n) is 18.0. The number of rotatable bonds is 8. The standard InChI is InChI=1S/C56H34/c1-7-41-13-25-47(26-14-41)55(48-27-15-42(8-2)16-28-48,49-29-17-43(9-3)18-30-49)53-37-39-54(40-38-53)56(50-31-19-44(10-4)20-32-50,51-33-21-45(11-5)22-34-51)52-35-23-46(12-6)24-36-52/h1-6,13-40H. The molecule has 0 saturated heterocycles. The van der Waals surface area contributed by atoms with E-state index in [9.17, 15) is 0 Å². The first-order valence-corrected chi connectivity index (χ1v) is 18.0. The summed E-state index contributed by atoms with van der Waals surface area (Å²) in [4.78, 5) is 0. The van der Waals surface area contributed by atoms with E-state index >= 15 is 0 Å². The predicted molar refractivity (Wildman–Crippen MR) is 231 cm³/mol. The fraction of sp³-hybridized carbons (Fsp3) is 0.0357. The second kappa shape index (κ2) is 15.5. The van der Waals surface area contributed by atoms with Crippen molar-refractivity contribution in [2.45, 2.75) is 10.8 Å². The molecule has 258 valence electrons. The summed E-state index contributed by atoms with van der Waals surface area (Å²) in [6, 6.07) is 57.8. The lowest BCUT2D eigenvalue weighted by Gasteiger charge is -2.39. The maximum atomic E-state index is 5.84. The molecule has 0 nitrogen and oxygen atoms in total. The van der Waals surface area contributed by atoms with Crippen LogP contribution in [0, 0.1) is 74.1 Å². The van der Waals surface area contributed by atoms with Crippen LogP contribution in [0.1, 0.15) is 77.9 Å². The van der Waals surface area contributed by atoms with Crippen LogP contribution in [0.2, 0.25) is 0 Å². The number of terminal acetylenes is 6. The molecule has 0 aliphatic carbocycles. The van der Waals surface area contributed by atoms with Gasteiger partial charge in [0.1, 0.15) is 0 Å². The monoisotopic (exact) mass is 706 g/mol. The third-order valence-electron chi connectivity index (χ3n) is 10.7. The van der Waals surface area contributed by atoms with Gasteiger partial charge in [-0.3, -0.25) is 0 Å². The van der Waals surface area contributed by atoms with Crippen LogP contribution >= 0.6 is 0 Å². The third kappa shape index (κ3) is 6.23. The van der Waals surface area contributed by atoms with Crippen molar-refractivity contribution in [1.82, 2.24) is 0 Å². The summed E-state index contributed by atoms with van der Waals surface area (Å²) in [5.74, 6) is 16.6. The molecule has 0 amide bonds. The highest BCUT2D eigenvalue weighted by molar-refractivity contribution is 5.65. The quantitative estimate of drug-likeness (QED) is 0.109. The van der Waals surface area contributed by atoms with Crippen molar-refractivity contribution in [2.75, 3.05) is 0 Å². The Kier molecular flexibility index (Phi) is 10.0. The highest BCUT2D eigenvalue weighted by atomic mass is 14.4. The molecule has 0 heterocycles. The molecule has 0 aromatic heterocycles. The summed E-state index contributed by atoms with van der Waals surface area (Å²) < 4.78 is 0. The van der Waals surface area contributed by atoms with Crippen molar-refractivity contribution in [3.8, 4) is 74.1 Å². The molecule has 0 saturated carbocycles. The molecule has 0 fully saturated rings. The van der Waals surface area contributed by atoms with Gasteiger partial charge >= 0.3 is 0 Å². The van der Waals surface area contributed by atoms with E-state index in [0.29, 0.717) is 0 Å². The van der Waals surface area contributed by atoms with Crippen LogP contribution in [0.5, 0.6) is 0 Å². The summed E-state index contributed by atoms with van der Waals surface area (Å²) in [6.45, 7) is 0. The fourth-order valence-corrected chi connectivity index (χ4v) is 7.87.